The molecule has 7 heteroatoms. The Labute approximate surface area is 78.3 Å². The van der Waals surface area contributed by atoms with E-state index in [1.165, 1.54) is 18.3 Å². The summed E-state index contributed by atoms with van der Waals surface area (Å²) in [5.74, 6) is -2.63. The van der Waals surface area contributed by atoms with Gasteiger partial charge in [0.15, 0.2) is 5.69 Å². The van der Waals surface area contributed by atoms with Gasteiger partial charge in [-0.2, -0.15) is 0 Å². The number of carboxylic acid groups (broad SMARTS) is 2. The maximum Gasteiger partial charge on any atom is 0.355 e. The maximum atomic E-state index is 10.4. The first-order valence-electron chi connectivity index (χ1n) is 3.04. The quantitative estimate of drug-likeness (QED) is 0.620. The number of aromatic nitrogens is 1. The molecular weight excluding hydrogens is 194 g/mol. The van der Waals surface area contributed by atoms with Crippen molar-refractivity contribution in [2.75, 3.05) is 0 Å². The van der Waals surface area contributed by atoms with Crippen LogP contribution in [-0.2, 0) is 0 Å². The standard InChI is InChI=1S/C7H5NO4.2H2O/c9-6(10)4-2-1-3-8-5(4)7(11)12;;/h1-3H,(H,9,10)(H,11,12);2*1H2. The highest BCUT2D eigenvalue weighted by Crippen LogP contribution is 2.04. The molecule has 0 saturated carbocycles. The van der Waals surface area contributed by atoms with Crippen molar-refractivity contribution in [3.63, 3.8) is 0 Å². The third-order valence-corrected chi connectivity index (χ3v) is 1.24. The van der Waals surface area contributed by atoms with E-state index in [0.29, 0.717) is 0 Å². The third kappa shape index (κ3) is 2.81. The van der Waals surface area contributed by atoms with Gasteiger partial charge in [0.2, 0.25) is 0 Å². The van der Waals surface area contributed by atoms with E-state index < -0.39 is 17.6 Å². The van der Waals surface area contributed by atoms with Crippen LogP contribution in [-0.4, -0.2) is 38.1 Å². The second kappa shape index (κ2) is 5.62. The monoisotopic (exact) mass is 203 g/mol. The van der Waals surface area contributed by atoms with Crippen molar-refractivity contribution < 1.29 is 30.8 Å². The van der Waals surface area contributed by atoms with Crippen LogP contribution in [0.4, 0.5) is 0 Å². The Morgan fingerprint density at radius 1 is 1.14 bits per heavy atom. The molecule has 0 saturated heterocycles. The first kappa shape index (κ1) is 14.5. The molecule has 0 aliphatic rings. The van der Waals surface area contributed by atoms with E-state index >= 15 is 0 Å². The average molecular weight is 203 g/mol. The molecule has 0 bridgehead atoms. The summed E-state index contributed by atoms with van der Waals surface area (Å²) in [5, 5.41) is 17.0. The summed E-state index contributed by atoms with van der Waals surface area (Å²) in [4.78, 5) is 24.2. The highest BCUT2D eigenvalue weighted by atomic mass is 16.4. The number of pyridine rings is 1. The van der Waals surface area contributed by atoms with Gasteiger partial charge in [-0.05, 0) is 12.1 Å². The second-order valence-electron chi connectivity index (χ2n) is 2.01. The fourth-order valence-electron chi connectivity index (χ4n) is 0.748. The van der Waals surface area contributed by atoms with Crippen LogP contribution in [0.1, 0.15) is 20.8 Å². The lowest BCUT2D eigenvalue weighted by molar-refractivity contribution is 0.0646. The van der Waals surface area contributed by atoms with Crippen molar-refractivity contribution in [1.82, 2.24) is 4.98 Å². The second-order valence-corrected chi connectivity index (χ2v) is 2.01. The van der Waals surface area contributed by atoms with Crippen molar-refractivity contribution in [1.29, 1.82) is 0 Å². The number of carbonyl (C=O) groups is 2. The number of hydrogen-bond acceptors (Lipinski definition) is 3. The lowest BCUT2D eigenvalue weighted by atomic mass is 10.2. The molecule has 0 spiro atoms. The van der Waals surface area contributed by atoms with Crippen LogP contribution in [0, 0.1) is 0 Å². The summed E-state index contributed by atoms with van der Waals surface area (Å²) >= 11 is 0. The van der Waals surface area contributed by atoms with Crippen LogP contribution in [0.3, 0.4) is 0 Å². The maximum absolute atomic E-state index is 10.4. The number of rotatable bonds is 2. The summed E-state index contributed by atoms with van der Waals surface area (Å²) in [5.41, 5.74) is -0.741. The van der Waals surface area contributed by atoms with Crippen molar-refractivity contribution in [2.24, 2.45) is 0 Å². The van der Waals surface area contributed by atoms with Gasteiger partial charge in [-0.15, -0.1) is 0 Å². The summed E-state index contributed by atoms with van der Waals surface area (Å²) in [6.07, 6.45) is 1.23. The summed E-state index contributed by atoms with van der Waals surface area (Å²) in [6.45, 7) is 0. The fourth-order valence-corrected chi connectivity index (χ4v) is 0.748. The van der Waals surface area contributed by atoms with E-state index in [1.54, 1.807) is 0 Å². The van der Waals surface area contributed by atoms with Gasteiger partial charge in [0, 0.05) is 6.20 Å². The Bertz CT molecular complexity index is 304. The van der Waals surface area contributed by atoms with E-state index in [-0.39, 0.29) is 16.5 Å². The minimum atomic E-state index is -1.34. The molecule has 1 aromatic heterocycles. The Balaban J connectivity index is 0. The molecule has 1 rings (SSSR count). The van der Waals surface area contributed by atoms with E-state index in [2.05, 4.69) is 4.98 Å². The van der Waals surface area contributed by atoms with Gasteiger partial charge < -0.3 is 21.2 Å². The Morgan fingerprint density at radius 3 is 2.07 bits per heavy atom. The van der Waals surface area contributed by atoms with Gasteiger partial charge in [-0.1, -0.05) is 0 Å². The van der Waals surface area contributed by atoms with E-state index in [4.69, 9.17) is 10.2 Å². The molecule has 7 nitrogen and oxygen atoms in total. The molecular formula is C7H9NO6. The van der Waals surface area contributed by atoms with Crippen LogP contribution < -0.4 is 0 Å². The third-order valence-electron chi connectivity index (χ3n) is 1.24. The molecule has 0 amide bonds. The molecule has 1 heterocycles. The molecule has 0 aliphatic carbocycles. The van der Waals surface area contributed by atoms with Gasteiger partial charge in [0.25, 0.3) is 0 Å². The molecule has 0 aromatic carbocycles. The number of carboxylic acids is 2. The smallest absolute Gasteiger partial charge is 0.355 e. The van der Waals surface area contributed by atoms with Crippen LogP contribution in [0.25, 0.3) is 0 Å². The predicted octanol–water partition coefficient (Wildman–Crippen LogP) is -1.17. The molecule has 1 aromatic rings. The Kier molecular flexibility index (Phi) is 5.83. The first-order chi connectivity index (χ1) is 5.63. The van der Waals surface area contributed by atoms with Crippen LogP contribution in [0.2, 0.25) is 0 Å². The van der Waals surface area contributed by atoms with Gasteiger partial charge >= 0.3 is 11.9 Å². The molecule has 0 atom stereocenters. The topological polar surface area (TPSA) is 150 Å². The molecule has 0 radical (unpaired) electrons. The van der Waals surface area contributed by atoms with Crippen molar-refractivity contribution >= 4 is 11.9 Å². The first-order valence-corrected chi connectivity index (χ1v) is 3.04. The molecule has 0 aliphatic heterocycles. The zero-order valence-corrected chi connectivity index (χ0v) is 6.89. The van der Waals surface area contributed by atoms with E-state index in [9.17, 15) is 9.59 Å². The van der Waals surface area contributed by atoms with Crippen LogP contribution >= 0.6 is 0 Å². The molecule has 14 heavy (non-hydrogen) atoms. The molecule has 0 unspecified atom stereocenters. The van der Waals surface area contributed by atoms with Crippen molar-refractivity contribution in [3.05, 3.63) is 29.6 Å². The Hall–Kier alpha value is -1.99. The SMILES string of the molecule is O.O.O=C(O)c1cccnc1C(=O)O. The minimum absolute atomic E-state index is 0. The Morgan fingerprint density at radius 2 is 1.71 bits per heavy atom. The minimum Gasteiger partial charge on any atom is -0.478 e. The summed E-state index contributed by atoms with van der Waals surface area (Å²) in [6, 6.07) is 2.56. The zero-order chi connectivity index (χ0) is 9.14. The van der Waals surface area contributed by atoms with Crippen LogP contribution in [0.5, 0.6) is 0 Å². The lowest BCUT2D eigenvalue weighted by Gasteiger charge is -1.97. The molecule has 6 N–H and O–H groups in total. The van der Waals surface area contributed by atoms with Gasteiger partial charge in [0.05, 0.1) is 5.56 Å². The van der Waals surface area contributed by atoms with Crippen molar-refractivity contribution in [2.45, 2.75) is 0 Å². The number of nitrogens with zero attached hydrogens (tertiary/aromatic N) is 1. The van der Waals surface area contributed by atoms with Crippen molar-refractivity contribution in [3.8, 4) is 0 Å². The normalized spacial score (nSPS) is 8.00. The van der Waals surface area contributed by atoms with E-state index in [0.717, 1.165) is 0 Å². The zero-order valence-electron chi connectivity index (χ0n) is 6.89. The van der Waals surface area contributed by atoms with Gasteiger partial charge in [-0.25, -0.2) is 14.6 Å². The summed E-state index contributed by atoms with van der Waals surface area (Å²) in [7, 11) is 0. The highest BCUT2D eigenvalue weighted by molar-refractivity contribution is 5.99. The molecule has 0 fully saturated rings. The summed E-state index contributed by atoms with van der Waals surface area (Å²) < 4.78 is 0. The largest absolute Gasteiger partial charge is 0.478 e. The fraction of sp³-hybridized carbons (Fsp3) is 0. The number of aromatic carboxylic acids is 2. The predicted molar refractivity (Wildman–Crippen MR) is 45.4 cm³/mol. The van der Waals surface area contributed by atoms with Crippen LogP contribution in [0.15, 0.2) is 18.3 Å². The average Bonchev–Trinajstić information content (AvgIpc) is 2.04. The number of hydrogen-bond donors (Lipinski definition) is 2. The van der Waals surface area contributed by atoms with E-state index in [1.807, 2.05) is 0 Å². The van der Waals surface area contributed by atoms with Gasteiger partial charge in [0.1, 0.15) is 0 Å². The molecule has 78 valence electrons. The van der Waals surface area contributed by atoms with Gasteiger partial charge in [-0.3, -0.25) is 0 Å². The lowest BCUT2D eigenvalue weighted by Crippen LogP contribution is -2.09. The highest BCUT2D eigenvalue weighted by Gasteiger charge is 2.15.